The maximum Gasteiger partial charge on any atom is 0.232 e. The molecule has 13 heavy (non-hydrogen) atoms. The molecule has 0 aliphatic carbocycles. The van der Waals surface area contributed by atoms with Crippen LogP contribution in [-0.2, 0) is 9.59 Å². The highest BCUT2D eigenvalue weighted by molar-refractivity contribution is 6.18. The Balaban J connectivity index is 2.54. The Morgan fingerprint density at radius 2 is 2.23 bits per heavy atom. The molecule has 3 nitrogen and oxygen atoms in total. The van der Waals surface area contributed by atoms with Gasteiger partial charge in [0.05, 0.1) is 0 Å². The van der Waals surface area contributed by atoms with Crippen molar-refractivity contribution in [1.82, 2.24) is 4.90 Å². The predicted molar refractivity (Wildman–Crippen MR) is 50.4 cm³/mol. The molecule has 1 aliphatic heterocycles. The standard InChI is InChI=1S/C9H12ClNO2/c1-7-6-8(12)11(9(7)13)5-3-2-4-10/h2-3,7H,4-6H2,1H3/b3-2+. The lowest BCUT2D eigenvalue weighted by Crippen LogP contribution is -2.30. The first-order valence-electron chi connectivity index (χ1n) is 4.22. The Morgan fingerprint density at radius 3 is 2.69 bits per heavy atom. The summed E-state index contributed by atoms with van der Waals surface area (Å²) in [4.78, 5) is 23.8. The predicted octanol–water partition coefficient (Wildman–Crippen LogP) is 1.18. The lowest BCUT2D eigenvalue weighted by atomic mass is 10.1. The molecule has 1 rings (SSSR count). The molecule has 0 aromatic carbocycles. The zero-order chi connectivity index (χ0) is 9.84. The van der Waals surface area contributed by atoms with Crippen LogP contribution in [-0.4, -0.2) is 29.1 Å². The van der Waals surface area contributed by atoms with Crippen LogP contribution in [0.2, 0.25) is 0 Å². The summed E-state index contributed by atoms with van der Waals surface area (Å²) in [5, 5.41) is 0. The van der Waals surface area contributed by atoms with Gasteiger partial charge in [-0.05, 0) is 0 Å². The third-order valence-electron chi connectivity index (χ3n) is 2.01. The van der Waals surface area contributed by atoms with Crippen molar-refractivity contribution in [1.29, 1.82) is 0 Å². The van der Waals surface area contributed by atoms with Crippen LogP contribution in [0.25, 0.3) is 0 Å². The summed E-state index contributed by atoms with van der Waals surface area (Å²) >= 11 is 5.41. The van der Waals surface area contributed by atoms with E-state index in [9.17, 15) is 9.59 Å². The van der Waals surface area contributed by atoms with Gasteiger partial charge in [0, 0.05) is 24.8 Å². The van der Waals surface area contributed by atoms with Gasteiger partial charge in [0.25, 0.3) is 0 Å². The number of amides is 2. The molecule has 72 valence electrons. The molecule has 0 aromatic heterocycles. The molecule has 0 saturated carbocycles. The summed E-state index contributed by atoms with van der Waals surface area (Å²) in [5.74, 6) is 0.0871. The quantitative estimate of drug-likeness (QED) is 0.391. The van der Waals surface area contributed by atoms with E-state index < -0.39 is 0 Å². The minimum atomic E-state index is -0.156. The molecular weight excluding hydrogens is 190 g/mol. The Kier molecular flexibility index (Phi) is 3.48. The molecule has 1 aliphatic rings. The number of nitrogens with zero attached hydrogens (tertiary/aromatic N) is 1. The zero-order valence-electron chi connectivity index (χ0n) is 7.50. The molecule has 4 heteroatoms. The number of rotatable bonds is 3. The number of halogens is 1. The van der Waals surface area contributed by atoms with Crippen molar-refractivity contribution < 1.29 is 9.59 Å². The Bertz CT molecular complexity index is 250. The van der Waals surface area contributed by atoms with Crippen molar-refractivity contribution in [2.45, 2.75) is 13.3 Å². The van der Waals surface area contributed by atoms with Gasteiger partial charge in [0.2, 0.25) is 11.8 Å². The van der Waals surface area contributed by atoms with E-state index in [0.29, 0.717) is 18.8 Å². The van der Waals surface area contributed by atoms with E-state index in [1.807, 2.05) is 0 Å². The SMILES string of the molecule is CC1CC(=O)N(C/C=C/CCl)C1=O. The smallest absolute Gasteiger partial charge is 0.232 e. The van der Waals surface area contributed by atoms with Crippen molar-refractivity contribution in [2.24, 2.45) is 5.92 Å². The van der Waals surface area contributed by atoms with E-state index >= 15 is 0 Å². The fourth-order valence-corrected chi connectivity index (χ4v) is 1.41. The number of alkyl halides is 1. The van der Waals surface area contributed by atoms with Gasteiger partial charge in [0.1, 0.15) is 0 Å². The number of imide groups is 1. The molecule has 1 heterocycles. The van der Waals surface area contributed by atoms with Crippen LogP contribution in [0.5, 0.6) is 0 Å². The van der Waals surface area contributed by atoms with Crippen LogP contribution in [0.15, 0.2) is 12.2 Å². The van der Waals surface area contributed by atoms with Gasteiger partial charge < -0.3 is 0 Å². The summed E-state index contributed by atoms with van der Waals surface area (Å²) in [6, 6.07) is 0. The molecule has 0 bridgehead atoms. The molecule has 1 saturated heterocycles. The molecule has 2 amide bonds. The lowest BCUT2D eigenvalue weighted by molar-refractivity contribution is -0.138. The highest BCUT2D eigenvalue weighted by Crippen LogP contribution is 2.18. The summed E-state index contributed by atoms with van der Waals surface area (Å²) in [6.07, 6.45) is 3.81. The van der Waals surface area contributed by atoms with E-state index in [0.717, 1.165) is 0 Å². The number of allylic oxidation sites excluding steroid dienone is 1. The third-order valence-corrected chi connectivity index (χ3v) is 2.19. The fraction of sp³-hybridized carbons (Fsp3) is 0.556. The lowest BCUT2D eigenvalue weighted by Gasteiger charge is -2.10. The first-order valence-corrected chi connectivity index (χ1v) is 4.75. The van der Waals surface area contributed by atoms with Gasteiger partial charge in [0.15, 0.2) is 0 Å². The van der Waals surface area contributed by atoms with Gasteiger partial charge in [-0.3, -0.25) is 14.5 Å². The summed E-state index contributed by atoms with van der Waals surface area (Å²) in [7, 11) is 0. The first-order chi connectivity index (χ1) is 6.16. The summed E-state index contributed by atoms with van der Waals surface area (Å²) in [5.41, 5.74) is 0. The second-order valence-corrected chi connectivity index (χ2v) is 3.38. The number of carbonyl (C=O) groups excluding carboxylic acids is 2. The van der Waals surface area contributed by atoms with E-state index in [-0.39, 0.29) is 17.7 Å². The molecule has 0 N–H and O–H groups in total. The maximum atomic E-state index is 11.3. The first kappa shape index (κ1) is 10.3. The summed E-state index contributed by atoms with van der Waals surface area (Å²) in [6.45, 7) is 2.13. The van der Waals surface area contributed by atoms with Crippen LogP contribution < -0.4 is 0 Å². The molecule has 0 radical (unpaired) electrons. The van der Waals surface area contributed by atoms with Crippen molar-refractivity contribution in [3.8, 4) is 0 Å². The van der Waals surface area contributed by atoms with Gasteiger partial charge in [-0.1, -0.05) is 19.1 Å². The molecule has 1 fully saturated rings. The van der Waals surface area contributed by atoms with Crippen LogP contribution >= 0.6 is 11.6 Å². The van der Waals surface area contributed by atoms with Crippen molar-refractivity contribution in [3.05, 3.63) is 12.2 Å². The summed E-state index contributed by atoms with van der Waals surface area (Å²) < 4.78 is 0. The topological polar surface area (TPSA) is 37.4 Å². The number of hydrogen-bond acceptors (Lipinski definition) is 2. The van der Waals surface area contributed by atoms with Crippen LogP contribution in [0, 0.1) is 5.92 Å². The minimum Gasteiger partial charge on any atom is -0.278 e. The second-order valence-electron chi connectivity index (χ2n) is 3.07. The highest BCUT2D eigenvalue weighted by Gasteiger charge is 2.34. The van der Waals surface area contributed by atoms with Crippen LogP contribution in [0.4, 0.5) is 0 Å². The van der Waals surface area contributed by atoms with Gasteiger partial charge >= 0.3 is 0 Å². The molecule has 0 aromatic rings. The van der Waals surface area contributed by atoms with E-state index in [4.69, 9.17) is 11.6 Å². The number of hydrogen-bond donors (Lipinski definition) is 0. The van der Waals surface area contributed by atoms with Gasteiger partial charge in [-0.25, -0.2) is 0 Å². The largest absolute Gasteiger partial charge is 0.278 e. The Morgan fingerprint density at radius 1 is 1.54 bits per heavy atom. The fourth-order valence-electron chi connectivity index (χ4n) is 1.28. The zero-order valence-corrected chi connectivity index (χ0v) is 8.25. The molecule has 1 unspecified atom stereocenters. The van der Waals surface area contributed by atoms with Crippen molar-refractivity contribution >= 4 is 23.4 Å². The van der Waals surface area contributed by atoms with E-state index in [1.165, 1.54) is 4.90 Å². The average molecular weight is 202 g/mol. The number of carbonyl (C=O) groups is 2. The minimum absolute atomic E-state index is 0.0794. The molecular formula is C9H12ClNO2. The highest BCUT2D eigenvalue weighted by atomic mass is 35.5. The van der Waals surface area contributed by atoms with Crippen molar-refractivity contribution in [2.75, 3.05) is 12.4 Å². The normalized spacial score (nSPS) is 23.5. The second kappa shape index (κ2) is 4.42. The molecule has 0 spiro atoms. The maximum absolute atomic E-state index is 11.3. The van der Waals surface area contributed by atoms with Gasteiger partial charge in [-0.2, -0.15) is 0 Å². The van der Waals surface area contributed by atoms with Gasteiger partial charge in [-0.15, -0.1) is 11.6 Å². The number of likely N-dealkylation sites (tertiary alicyclic amines) is 1. The van der Waals surface area contributed by atoms with E-state index in [1.54, 1.807) is 19.1 Å². The van der Waals surface area contributed by atoms with E-state index in [2.05, 4.69) is 0 Å². The van der Waals surface area contributed by atoms with Crippen LogP contribution in [0.1, 0.15) is 13.3 Å². The average Bonchev–Trinajstić information content (AvgIpc) is 2.32. The molecule has 1 atom stereocenters. The monoisotopic (exact) mass is 201 g/mol. The Hall–Kier alpha value is -0.830. The Labute approximate surface area is 82.3 Å². The van der Waals surface area contributed by atoms with Crippen molar-refractivity contribution in [3.63, 3.8) is 0 Å². The third kappa shape index (κ3) is 2.31. The van der Waals surface area contributed by atoms with Crippen LogP contribution in [0.3, 0.4) is 0 Å².